The molecule has 0 spiro atoms. The highest BCUT2D eigenvalue weighted by atomic mass is 16.6. The standard InChI is InChI=1S/C39H81NO13/c1-2-3-4-5-6-7-8-9-10-11-12-14-41-16-18-43-20-22-45-24-26-47-28-30-49-32-34-51-36-38-53-39-37-52-35-33-50-31-29-48-27-25-46-23-21-44-19-17-42-15-13-40/h2-40H2,1H3. The summed E-state index contributed by atoms with van der Waals surface area (Å²) < 4.78 is 71.2. The van der Waals surface area contributed by atoms with Gasteiger partial charge in [0.05, 0.1) is 165 Å². The maximum Gasteiger partial charge on any atom is 0.0701 e. The molecule has 0 amide bonds. The van der Waals surface area contributed by atoms with Crippen LogP contribution in [0, 0.1) is 0 Å². The van der Waals surface area contributed by atoms with Crippen molar-refractivity contribution >= 4 is 0 Å². The molecule has 0 saturated heterocycles. The fourth-order valence-electron chi connectivity index (χ4n) is 4.69. The minimum absolute atomic E-state index is 0.512. The average molecular weight is 772 g/mol. The van der Waals surface area contributed by atoms with Crippen LogP contribution < -0.4 is 5.73 Å². The van der Waals surface area contributed by atoms with Gasteiger partial charge in [-0.2, -0.15) is 0 Å². The summed E-state index contributed by atoms with van der Waals surface area (Å²) in [5.74, 6) is 0. The zero-order valence-corrected chi connectivity index (χ0v) is 33.8. The Morgan fingerprint density at radius 1 is 0.208 bits per heavy atom. The van der Waals surface area contributed by atoms with Gasteiger partial charge in [0.15, 0.2) is 0 Å². The number of ether oxygens (including phenoxy) is 13. The summed E-state index contributed by atoms with van der Waals surface area (Å²) in [6.07, 6.45) is 14.9. The molecule has 0 aromatic heterocycles. The van der Waals surface area contributed by atoms with E-state index in [1.807, 2.05) is 0 Å². The predicted molar refractivity (Wildman–Crippen MR) is 206 cm³/mol. The third-order valence-corrected chi connectivity index (χ3v) is 7.62. The molecule has 320 valence electrons. The monoisotopic (exact) mass is 772 g/mol. The highest BCUT2D eigenvalue weighted by molar-refractivity contribution is 4.48. The second-order valence-corrected chi connectivity index (χ2v) is 12.3. The van der Waals surface area contributed by atoms with E-state index in [2.05, 4.69) is 6.92 Å². The van der Waals surface area contributed by atoms with Crippen molar-refractivity contribution in [3.8, 4) is 0 Å². The first kappa shape index (κ1) is 52.4. The number of unbranched alkanes of at least 4 members (excludes halogenated alkanes) is 10. The normalized spacial score (nSPS) is 11.7. The molecule has 14 heteroatoms. The fourth-order valence-corrected chi connectivity index (χ4v) is 4.69. The summed E-state index contributed by atoms with van der Waals surface area (Å²) in [6, 6.07) is 0. The quantitative estimate of drug-likeness (QED) is 0.0868. The molecule has 0 aliphatic rings. The van der Waals surface area contributed by atoms with Crippen LogP contribution >= 0.6 is 0 Å². The fraction of sp³-hybridized carbons (Fsp3) is 1.00. The molecule has 0 rings (SSSR count). The highest BCUT2D eigenvalue weighted by Crippen LogP contribution is 2.11. The predicted octanol–water partition coefficient (Wildman–Crippen LogP) is 4.47. The molecule has 0 aliphatic carbocycles. The lowest BCUT2D eigenvalue weighted by Crippen LogP contribution is -2.16. The first-order valence-corrected chi connectivity index (χ1v) is 20.6. The van der Waals surface area contributed by atoms with Crippen molar-refractivity contribution < 1.29 is 61.6 Å². The summed E-state index contributed by atoms with van der Waals surface area (Å²) in [5, 5.41) is 0. The van der Waals surface area contributed by atoms with Crippen molar-refractivity contribution in [2.45, 2.75) is 77.6 Å². The first-order chi connectivity index (χ1) is 26.4. The van der Waals surface area contributed by atoms with Gasteiger partial charge in [0.1, 0.15) is 0 Å². The smallest absolute Gasteiger partial charge is 0.0701 e. The summed E-state index contributed by atoms with van der Waals surface area (Å²) >= 11 is 0. The molecule has 2 N–H and O–H groups in total. The second-order valence-electron chi connectivity index (χ2n) is 12.3. The number of hydrogen-bond donors (Lipinski definition) is 1. The molecule has 0 fully saturated rings. The van der Waals surface area contributed by atoms with E-state index < -0.39 is 0 Å². The Kier molecular flexibility index (Phi) is 50.9. The van der Waals surface area contributed by atoms with E-state index in [9.17, 15) is 0 Å². The van der Waals surface area contributed by atoms with Gasteiger partial charge in [-0.25, -0.2) is 0 Å². The summed E-state index contributed by atoms with van der Waals surface area (Å²) in [6.45, 7) is 17.1. The second kappa shape index (κ2) is 51.4. The number of rotatable bonds is 50. The topological polar surface area (TPSA) is 146 Å². The molecule has 0 aromatic rings. The molecular formula is C39H81NO13. The van der Waals surface area contributed by atoms with Gasteiger partial charge in [-0.3, -0.25) is 0 Å². The first-order valence-electron chi connectivity index (χ1n) is 20.6. The van der Waals surface area contributed by atoms with Gasteiger partial charge in [-0.15, -0.1) is 0 Å². The van der Waals surface area contributed by atoms with Crippen molar-refractivity contribution in [2.75, 3.05) is 178 Å². The zero-order chi connectivity index (χ0) is 38.1. The van der Waals surface area contributed by atoms with Gasteiger partial charge in [0.25, 0.3) is 0 Å². The van der Waals surface area contributed by atoms with Crippen molar-refractivity contribution in [2.24, 2.45) is 5.73 Å². The third kappa shape index (κ3) is 51.4. The van der Waals surface area contributed by atoms with E-state index in [1.165, 1.54) is 64.2 Å². The lowest BCUT2D eigenvalue weighted by Gasteiger charge is -2.09. The minimum atomic E-state index is 0.512. The molecule has 0 unspecified atom stereocenters. The molecule has 53 heavy (non-hydrogen) atoms. The minimum Gasteiger partial charge on any atom is -0.379 e. The van der Waals surface area contributed by atoms with Crippen molar-refractivity contribution in [1.82, 2.24) is 0 Å². The van der Waals surface area contributed by atoms with E-state index in [0.717, 1.165) is 13.0 Å². The van der Waals surface area contributed by atoms with Crippen molar-refractivity contribution in [3.63, 3.8) is 0 Å². The van der Waals surface area contributed by atoms with E-state index in [-0.39, 0.29) is 0 Å². The van der Waals surface area contributed by atoms with E-state index in [1.54, 1.807) is 0 Å². The molecule has 0 heterocycles. The van der Waals surface area contributed by atoms with Crippen molar-refractivity contribution in [3.05, 3.63) is 0 Å². The van der Waals surface area contributed by atoms with Gasteiger partial charge in [-0.05, 0) is 6.42 Å². The molecule has 0 bridgehead atoms. The zero-order valence-electron chi connectivity index (χ0n) is 33.8. The van der Waals surface area contributed by atoms with Crippen molar-refractivity contribution in [1.29, 1.82) is 0 Å². The Morgan fingerprint density at radius 2 is 0.377 bits per heavy atom. The molecule has 0 radical (unpaired) electrons. The Bertz CT molecular complexity index is 578. The summed E-state index contributed by atoms with van der Waals surface area (Å²) in [5.41, 5.74) is 5.34. The number of hydrogen-bond acceptors (Lipinski definition) is 14. The highest BCUT2D eigenvalue weighted by Gasteiger charge is 1.98. The Labute approximate surface area is 322 Å². The van der Waals surface area contributed by atoms with Crippen LogP contribution in [0.5, 0.6) is 0 Å². The largest absolute Gasteiger partial charge is 0.379 e. The van der Waals surface area contributed by atoms with Gasteiger partial charge in [0, 0.05) is 13.2 Å². The Balaban J connectivity index is 3.05. The lowest BCUT2D eigenvalue weighted by atomic mass is 10.1. The van der Waals surface area contributed by atoms with Gasteiger partial charge < -0.3 is 67.3 Å². The SMILES string of the molecule is CCCCCCCCCCCCCOCCOCCOCCOCCOCCOCCOCCOCCOCCOCCOCCOCCOCCN. The van der Waals surface area contributed by atoms with Crippen LogP contribution in [-0.2, 0) is 61.6 Å². The molecule has 0 saturated carbocycles. The van der Waals surface area contributed by atoms with Crippen LogP contribution in [0.4, 0.5) is 0 Å². The van der Waals surface area contributed by atoms with Crippen LogP contribution in [0.15, 0.2) is 0 Å². The Morgan fingerprint density at radius 3 is 0.585 bits per heavy atom. The lowest BCUT2D eigenvalue weighted by molar-refractivity contribution is -0.0290. The van der Waals surface area contributed by atoms with Crippen LogP contribution in [-0.4, -0.2) is 178 Å². The number of nitrogens with two attached hydrogens (primary N) is 1. The van der Waals surface area contributed by atoms with E-state index >= 15 is 0 Å². The average Bonchev–Trinajstić information content (AvgIpc) is 3.17. The molecule has 14 nitrogen and oxygen atoms in total. The van der Waals surface area contributed by atoms with Crippen LogP contribution in [0.1, 0.15) is 77.6 Å². The Hall–Kier alpha value is -0.560. The van der Waals surface area contributed by atoms with Gasteiger partial charge in [0.2, 0.25) is 0 Å². The molecule has 0 aromatic carbocycles. The van der Waals surface area contributed by atoms with Crippen LogP contribution in [0.25, 0.3) is 0 Å². The maximum atomic E-state index is 5.66. The van der Waals surface area contributed by atoms with Crippen LogP contribution in [0.3, 0.4) is 0 Å². The maximum absolute atomic E-state index is 5.66. The van der Waals surface area contributed by atoms with Gasteiger partial charge in [-0.1, -0.05) is 71.1 Å². The van der Waals surface area contributed by atoms with E-state index in [4.69, 9.17) is 67.3 Å². The van der Waals surface area contributed by atoms with E-state index in [0.29, 0.717) is 172 Å². The molecule has 0 atom stereocenters. The summed E-state index contributed by atoms with van der Waals surface area (Å²) in [7, 11) is 0. The van der Waals surface area contributed by atoms with Crippen LogP contribution in [0.2, 0.25) is 0 Å². The van der Waals surface area contributed by atoms with Gasteiger partial charge >= 0.3 is 0 Å². The molecule has 0 aliphatic heterocycles. The molecular weight excluding hydrogens is 690 g/mol. The summed E-state index contributed by atoms with van der Waals surface area (Å²) in [4.78, 5) is 0. The third-order valence-electron chi connectivity index (χ3n) is 7.62.